The fourth-order valence-corrected chi connectivity index (χ4v) is 4.46. The van der Waals surface area contributed by atoms with Crippen LogP contribution in [-0.4, -0.2) is 61.4 Å². The summed E-state index contributed by atoms with van der Waals surface area (Å²) < 4.78 is 32.2. The molecule has 2 aromatic rings. The molecule has 146 valence electrons. The van der Waals surface area contributed by atoms with Crippen LogP contribution in [0.1, 0.15) is 18.6 Å². The number of nitrogens with one attached hydrogen (secondary N) is 1. The summed E-state index contributed by atoms with van der Waals surface area (Å²) in [5.41, 5.74) is 0. The summed E-state index contributed by atoms with van der Waals surface area (Å²) in [7, 11) is -3.77. The van der Waals surface area contributed by atoms with Crippen molar-refractivity contribution in [2.24, 2.45) is 0 Å². The van der Waals surface area contributed by atoms with E-state index < -0.39 is 15.9 Å². The Bertz CT molecular complexity index is 860. The number of sulfonamides is 1. The normalized spacial score (nSPS) is 15.3. The second-order valence-electron chi connectivity index (χ2n) is 6.57. The SMILES string of the molecule is Cc1cc(NC(=O)CN(CCN2CCCC2)S(=O)(=O)c2ccccc2)no1. The number of carbonyl (C=O) groups is 1. The van der Waals surface area contributed by atoms with E-state index in [0.717, 1.165) is 25.9 Å². The Balaban J connectivity index is 1.73. The van der Waals surface area contributed by atoms with Crippen LogP contribution in [-0.2, 0) is 14.8 Å². The van der Waals surface area contributed by atoms with Crippen LogP contribution >= 0.6 is 0 Å². The molecule has 1 aromatic heterocycles. The van der Waals surface area contributed by atoms with E-state index in [4.69, 9.17) is 4.52 Å². The number of amides is 1. The monoisotopic (exact) mass is 392 g/mol. The minimum absolute atomic E-state index is 0.177. The molecule has 1 aliphatic rings. The van der Waals surface area contributed by atoms with E-state index in [-0.39, 0.29) is 23.8 Å². The molecule has 1 saturated heterocycles. The highest BCUT2D eigenvalue weighted by molar-refractivity contribution is 7.89. The summed E-state index contributed by atoms with van der Waals surface area (Å²) in [6, 6.07) is 9.76. The Morgan fingerprint density at radius 2 is 1.96 bits per heavy atom. The summed E-state index contributed by atoms with van der Waals surface area (Å²) in [5.74, 6) is 0.381. The van der Waals surface area contributed by atoms with Gasteiger partial charge in [0.1, 0.15) is 5.76 Å². The van der Waals surface area contributed by atoms with Crippen molar-refractivity contribution in [2.45, 2.75) is 24.7 Å². The van der Waals surface area contributed by atoms with Crippen LogP contribution in [0.4, 0.5) is 5.82 Å². The highest BCUT2D eigenvalue weighted by Gasteiger charge is 2.27. The van der Waals surface area contributed by atoms with Gasteiger partial charge in [0.15, 0.2) is 5.82 Å². The molecule has 2 heterocycles. The molecule has 1 fully saturated rings. The number of benzene rings is 1. The molecule has 1 aliphatic heterocycles. The lowest BCUT2D eigenvalue weighted by Crippen LogP contribution is -2.42. The number of rotatable bonds is 8. The molecule has 9 heteroatoms. The van der Waals surface area contributed by atoms with E-state index in [1.54, 1.807) is 31.2 Å². The summed E-state index contributed by atoms with van der Waals surface area (Å²) in [6.45, 7) is 4.21. The van der Waals surface area contributed by atoms with E-state index >= 15 is 0 Å². The lowest BCUT2D eigenvalue weighted by Gasteiger charge is -2.24. The van der Waals surface area contributed by atoms with Crippen molar-refractivity contribution in [3.63, 3.8) is 0 Å². The molecule has 0 spiro atoms. The number of likely N-dealkylation sites (tertiary alicyclic amines) is 1. The zero-order valence-corrected chi connectivity index (χ0v) is 16.1. The zero-order valence-electron chi connectivity index (χ0n) is 15.3. The van der Waals surface area contributed by atoms with Gasteiger partial charge in [-0.05, 0) is 45.0 Å². The number of hydrogen-bond acceptors (Lipinski definition) is 6. The molecule has 0 saturated carbocycles. The Hall–Kier alpha value is -2.23. The number of nitrogens with zero attached hydrogens (tertiary/aromatic N) is 3. The molecule has 8 nitrogen and oxygen atoms in total. The van der Waals surface area contributed by atoms with Crippen molar-refractivity contribution in [1.29, 1.82) is 0 Å². The predicted molar refractivity (Wildman–Crippen MR) is 101 cm³/mol. The number of carbonyl (C=O) groups excluding carboxylic acids is 1. The van der Waals surface area contributed by atoms with Gasteiger partial charge in [0.2, 0.25) is 15.9 Å². The lowest BCUT2D eigenvalue weighted by atomic mass is 10.4. The van der Waals surface area contributed by atoms with E-state index in [2.05, 4.69) is 15.4 Å². The molecule has 27 heavy (non-hydrogen) atoms. The van der Waals surface area contributed by atoms with Crippen LogP contribution < -0.4 is 5.32 Å². The van der Waals surface area contributed by atoms with Crippen LogP contribution in [0.5, 0.6) is 0 Å². The van der Waals surface area contributed by atoms with Gasteiger partial charge in [-0.1, -0.05) is 23.4 Å². The summed E-state index contributed by atoms with van der Waals surface area (Å²) in [6.07, 6.45) is 2.24. The minimum Gasteiger partial charge on any atom is -0.360 e. The van der Waals surface area contributed by atoms with Gasteiger partial charge in [0.25, 0.3) is 0 Å². The maximum Gasteiger partial charge on any atom is 0.243 e. The van der Waals surface area contributed by atoms with E-state index in [1.165, 1.54) is 16.4 Å². The second kappa shape index (κ2) is 8.64. The maximum absolute atomic E-state index is 13.0. The molecular weight excluding hydrogens is 368 g/mol. The standard InChI is InChI=1S/C18H24N4O4S/c1-15-13-17(20-26-15)19-18(23)14-22(12-11-21-9-5-6-10-21)27(24,25)16-7-3-2-4-8-16/h2-4,7-8,13H,5-6,9-12,14H2,1H3,(H,19,20,23). The molecule has 1 amide bonds. The molecule has 1 N–H and O–H groups in total. The first-order valence-electron chi connectivity index (χ1n) is 8.96. The minimum atomic E-state index is -3.77. The van der Waals surface area contributed by atoms with Crippen molar-refractivity contribution in [1.82, 2.24) is 14.4 Å². The predicted octanol–water partition coefficient (Wildman–Crippen LogP) is 1.71. The Morgan fingerprint density at radius 3 is 2.59 bits per heavy atom. The second-order valence-corrected chi connectivity index (χ2v) is 8.51. The van der Waals surface area contributed by atoms with Gasteiger partial charge in [-0.25, -0.2) is 8.42 Å². The van der Waals surface area contributed by atoms with Gasteiger partial charge in [-0.15, -0.1) is 0 Å². The number of anilines is 1. The van der Waals surface area contributed by atoms with Gasteiger partial charge < -0.3 is 14.7 Å². The average molecular weight is 392 g/mol. The Morgan fingerprint density at radius 1 is 1.26 bits per heavy atom. The third kappa shape index (κ3) is 5.15. The topological polar surface area (TPSA) is 95.8 Å². The number of aryl methyl sites for hydroxylation is 1. The van der Waals surface area contributed by atoms with Gasteiger partial charge in [-0.2, -0.15) is 4.31 Å². The lowest BCUT2D eigenvalue weighted by molar-refractivity contribution is -0.116. The molecule has 0 bridgehead atoms. The van der Waals surface area contributed by atoms with Crippen LogP contribution in [0.15, 0.2) is 45.8 Å². The fraction of sp³-hybridized carbons (Fsp3) is 0.444. The molecule has 0 aliphatic carbocycles. The molecule has 0 atom stereocenters. The molecule has 1 aromatic carbocycles. The van der Waals surface area contributed by atoms with Crippen molar-refractivity contribution in [2.75, 3.05) is 38.0 Å². The molecule has 0 unspecified atom stereocenters. The maximum atomic E-state index is 13.0. The largest absolute Gasteiger partial charge is 0.360 e. The van der Waals surface area contributed by atoms with Crippen LogP contribution in [0, 0.1) is 6.92 Å². The molecular formula is C18H24N4O4S. The third-order valence-corrected chi connectivity index (χ3v) is 6.32. The van der Waals surface area contributed by atoms with Crippen LogP contribution in [0.3, 0.4) is 0 Å². The van der Waals surface area contributed by atoms with Crippen molar-refractivity contribution < 1.29 is 17.7 Å². The van der Waals surface area contributed by atoms with Gasteiger partial charge >= 0.3 is 0 Å². The number of aromatic nitrogens is 1. The van der Waals surface area contributed by atoms with Crippen LogP contribution in [0.2, 0.25) is 0 Å². The van der Waals surface area contributed by atoms with Crippen molar-refractivity contribution >= 4 is 21.7 Å². The molecule has 0 radical (unpaired) electrons. The van der Waals surface area contributed by atoms with Crippen molar-refractivity contribution in [3.05, 3.63) is 42.2 Å². The van der Waals surface area contributed by atoms with E-state index in [1.807, 2.05) is 0 Å². The van der Waals surface area contributed by atoms with E-state index in [0.29, 0.717) is 12.3 Å². The highest BCUT2D eigenvalue weighted by Crippen LogP contribution is 2.16. The first-order valence-corrected chi connectivity index (χ1v) is 10.4. The fourth-order valence-electron chi connectivity index (χ4n) is 3.05. The molecule has 3 rings (SSSR count). The Kier molecular flexibility index (Phi) is 6.25. The number of hydrogen-bond donors (Lipinski definition) is 1. The van der Waals surface area contributed by atoms with E-state index in [9.17, 15) is 13.2 Å². The summed E-state index contributed by atoms with van der Waals surface area (Å²) in [4.78, 5) is 14.8. The van der Waals surface area contributed by atoms with Crippen LogP contribution in [0.25, 0.3) is 0 Å². The average Bonchev–Trinajstić information content (AvgIpc) is 3.31. The summed E-state index contributed by atoms with van der Waals surface area (Å²) in [5, 5.41) is 6.29. The van der Waals surface area contributed by atoms with Gasteiger partial charge in [0.05, 0.1) is 11.4 Å². The zero-order chi connectivity index (χ0) is 19.3. The Labute approximate surface area is 159 Å². The third-order valence-electron chi connectivity index (χ3n) is 4.46. The highest BCUT2D eigenvalue weighted by atomic mass is 32.2. The first-order chi connectivity index (χ1) is 12.9. The van der Waals surface area contributed by atoms with Gasteiger partial charge in [0, 0.05) is 19.2 Å². The quantitative estimate of drug-likeness (QED) is 0.735. The summed E-state index contributed by atoms with van der Waals surface area (Å²) >= 11 is 0. The smallest absolute Gasteiger partial charge is 0.243 e. The first kappa shape index (κ1) is 19.5. The van der Waals surface area contributed by atoms with Crippen molar-refractivity contribution in [3.8, 4) is 0 Å². The van der Waals surface area contributed by atoms with Gasteiger partial charge in [-0.3, -0.25) is 4.79 Å².